The molecule has 1 aliphatic rings. The van der Waals surface area contributed by atoms with Gasteiger partial charge >= 0.3 is 0 Å². The van der Waals surface area contributed by atoms with Crippen LogP contribution < -0.4 is 14.8 Å². The molecule has 0 aliphatic heterocycles. The molecule has 224 valence electrons. The van der Waals surface area contributed by atoms with Crippen molar-refractivity contribution in [1.82, 2.24) is 10.2 Å². The van der Waals surface area contributed by atoms with Gasteiger partial charge in [-0.2, -0.15) is 0 Å². The van der Waals surface area contributed by atoms with E-state index in [1.807, 2.05) is 6.92 Å². The molecule has 3 rings (SSSR count). The number of hydrogen-bond acceptors (Lipinski definition) is 7. The molecule has 0 heterocycles. The third-order valence-electron chi connectivity index (χ3n) is 6.74. The van der Waals surface area contributed by atoms with E-state index >= 15 is 0 Å². The molecule has 2 aromatic rings. The molecule has 2 amide bonds. The first-order valence-electron chi connectivity index (χ1n) is 13.3. The van der Waals surface area contributed by atoms with Gasteiger partial charge in [-0.3, -0.25) is 9.59 Å². The molecular formula is C29H35Cl2IN2O7. The van der Waals surface area contributed by atoms with Crippen LogP contribution >= 0.6 is 45.8 Å². The largest absolute Gasteiger partial charge is 0.493 e. The summed E-state index contributed by atoms with van der Waals surface area (Å²) in [7, 11) is 1.47. The van der Waals surface area contributed by atoms with Gasteiger partial charge in [0.05, 0.1) is 40.0 Å². The summed E-state index contributed by atoms with van der Waals surface area (Å²) in [6.07, 6.45) is 1.09. The number of nitrogens with one attached hydrogen (secondary N) is 1. The number of hydrogen-bond donors (Lipinski definition) is 4. The normalized spacial score (nSPS) is 18.4. The lowest BCUT2D eigenvalue weighted by atomic mass is 9.87. The maximum atomic E-state index is 13.6. The first-order chi connectivity index (χ1) is 19.6. The molecule has 1 aliphatic carbocycles. The van der Waals surface area contributed by atoms with Crippen LogP contribution in [-0.4, -0.2) is 70.5 Å². The lowest BCUT2D eigenvalue weighted by Gasteiger charge is -2.41. The number of carbonyl (C=O) groups is 2. The minimum Gasteiger partial charge on any atom is -0.493 e. The minimum absolute atomic E-state index is 0.0473. The molecule has 0 aromatic heterocycles. The van der Waals surface area contributed by atoms with Crippen molar-refractivity contribution < 1.29 is 34.4 Å². The van der Waals surface area contributed by atoms with Crippen LogP contribution in [0.3, 0.4) is 0 Å². The van der Waals surface area contributed by atoms with Gasteiger partial charge in [-0.05, 0) is 70.5 Å². The third-order valence-corrected chi connectivity index (χ3v) is 8.28. The molecule has 0 radical (unpaired) electrons. The van der Waals surface area contributed by atoms with Crippen molar-refractivity contribution in [2.24, 2.45) is 0 Å². The summed E-state index contributed by atoms with van der Waals surface area (Å²) in [5.41, 5.74) is 1.64. The summed E-state index contributed by atoms with van der Waals surface area (Å²) in [6.45, 7) is 1.73. The molecule has 2 aromatic carbocycles. The number of rotatable bonds is 13. The van der Waals surface area contributed by atoms with Crippen LogP contribution in [0, 0.1) is 3.57 Å². The smallest absolute Gasteiger partial charge is 0.247 e. The zero-order valence-electron chi connectivity index (χ0n) is 22.9. The fourth-order valence-corrected chi connectivity index (χ4v) is 5.70. The van der Waals surface area contributed by atoms with Gasteiger partial charge in [0.2, 0.25) is 11.8 Å². The highest BCUT2D eigenvalue weighted by Gasteiger charge is 2.41. The first-order valence-corrected chi connectivity index (χ1v) is 15.1. The predicted molar refractivity (Wildman–Crippen MR) is 165 cm³/mol. The van der Waals surface area contributed by atoms with E-state index in [0.29, 0.717) is 48.2 Å². The van der Waals surface area contributed by atoms with Crippen LogP contribution in [0.15, 0.2) is 42.0 Å². The topological polar surface area (TPSA) is 129 Å². The van der Waals surface area contributed by atoms with E-state index in [4.69, 9.17) is 32.7 Å². The van der Waals surface area contributed by atoms with Gasteiger partial charge in [0, 0.05) is 31.5 Å². The highest BCUT2D eigenvalue weighted by Crippen LogP contribution is 2.37. The van der Waals surface area contributed by atoms with E-state index < -0.39 is 24.2 Å². The molecule has 0 saturated carbocycles. The fraction of sp³-hybridized carbons (Fsp3) is 0.448. The molecule has 9 nitrogen and oxygen atoms in total. The Bertz CT molecular complexity index is 1260. The molecule has 3 atom stereocenters. The number of benzene rings is 2. The Hall–Kier alpha value is -2.09. The first kappa shape index (κ1) is 33.4. The number of nitrogens with zero attached hydrogens (tertiary/aromatic N) is 1. The van der Waals surface area contributed by atoms with E-state index in [1.165, 1.54) is 13.2 Å². The number of aliphatic hydroxyl groups is 3. The third kappa shape index (κ3) is 8.71. The van der Waals surface area contributed by atoms with Crippen LogP contribution in [0.1, 0.15) is 43.7 Å². The van der Waals surface area contributed by atoms with Crippen LogP contribution in [0.2, 0.25) is 10.0 Å². The Kier molecular flexibility index (Phi) is 13.0. The van der Waals surface area contributed by atoms with Crippen molar-refractivity contribution in [3.05, 3.63) is 66.7 Å². The summed E-state index contributed by atoms with van der Waals surface area (Å²) in [6, 6.07) is 7.63. The fourth-order valence-electron chi connectivity index (χ4n) is 4.59. The molecule has 0 spiro atoms. The Balaban J connectivity index is 2.04. The van der Waals surface area contributed by atoms with Crippen molar-refractivity contribution in [3.8, 4) is 11.5 Å². The zero-order valence-corrected chi connectivity index (χ0v) is 26.6. The second-order valence-corrected chi connectivity index (χ2v) is 11.6. The number of ether oxygens (including phenoxy) is 2. The molecule has 4 N–H and O–H groups in total. The van der Waals surface area contributed by atoms with Crippen LogP contribution in [0.4, 0.5) is 0 Å². The SMILES string of the molecule is CCCCC(=O)N(Cc1ccc(Cl)c(Cl)c1)[C@@H]1CC(C(=O)NCCO)=C[C@H](Oc2c(I)cc(CO)cc2OC)[C@H]1O. The number of amides is 2. The second kappa shape index (κ2) is 15.9. The number of halogens is 3. The van der Waals surface area contributed by atoms with Gasteiger partial charge in [0.25, 0.3) is 0 Å². The van der Waals surface area contributed by atoms with Crippen molar-refractivity contribution in [1.29, 1.82) is 0 Å². The van der Waals surface area contributed by atoms with Gasteiger partial charge < -0.3 is 35.0 Å². The van der Waals surface area contributed by atoms with Crippen molar-refractivity contribution in [2.75, 3.05) is 20.3 Å². The Morgan fingerprint density at radius 3 is 2.54 bits per heavy atom. The molecule has 0 bridgehead atoms. The van der Waals surface area contributed by atoms with E-state index in [9.17, 15) is 24.9 Å². The Labute approximate surface area is 263 Å². The van der Waals surface area contributed by atoms with E-state index in [0.717, 1.165) is 6.42 Å². The van der Waals surface area contributed by atoms with Gasteiger partial charge in [-0.1, -0.05) is 42.6 Å². The summed E-state index contributed by atoms with van der Waals surface area (Å²) in [4.78, 5) is 28.2. The van der Waals surface area contributed by atoms with Crippen LogP contribution in [-0.2, 0) is 22.7 Å². The summed E-state index contributed by atoms with van der Waals surface area (Å²) in [5.74, 6) is 0.0610. The van der Waals surface area contributed by atoms with Gasteiger partial charge in [-0.25, -0.2) is 0 Å². The number of methoxy groups -OCH3 is 1. The van der Waals surface area contributed by atoms with Crippen LogP contribution in [0.5, 0.6) is 11.5 Å². The highest BCUT2D eigenvalue weighted by molar-refractivity contribution is 14.1. The zero-order chi connectivity index (χ0) is 30.1. The standard InChI is InChI=1S/C29H35Cl2IN2O7/c1-3-4-5-26(37)34(15-17-6-7-20(30)21(31)10-17)23-13-19(29(39)33-8-9-35)14-24(27(23)38)41-28-22(32)11-18(16-36)12-25(28)40-2/h6-7,10-12,14,23-24,27,35-36,38H,3-5,8-9,13,15-16H2,1-2H3,(H,33,39)/t23-,24+,27+/m1/s1. The number of carbonyl (C=O) groups excluding carboxylic acids is 2. The number of unbranched alkanes of at least 4 members (excludes halogenated alkanes) is 1. The lowest BCUT2D eigenvalue weighted by molar-refractivity contribution is -0.139. The highest BCUT2D eigenvalue weighted by atomic mass is 127. The lowest BCUT2D eigenvalue weighted by Crippen LogP contribution is -2.54. The van der Waals surface area contributed by atoms with Gasteiger partial charge in [0.15, 0.2) is 11.5 Å². The quantitative estimate of drug-likeness (QED) is 0.228. The second-order valence-electron chi connectivity index (χ2n) is 9.66. The van der Waals surface area contributed by atoms with E-state index in [2.05, 4.69) is 27.9 Å². The maximum Gasteiger partial charge on any atom is 0.247 e. The summed E-state index contributed by atoms with van der Waals surface area (Å²) in [5, 5.41) is 33.9. The average Bonchev–Trinajstić information content (AvgIpc) is 2.96. The van der Waals surface area contributed by atoms with Crippen LogP contribution in [0.25, 0.3) is 0 Å². The Morgan fingerprint density at radius 1 is 1.15 bits per heavy atom. The molecule has 12 heteroatoms. The Morgan fingerprint density at radius 2 is 1.90 bits per heavy atom. The van der Waals surface area contributed by atoms with Gasteiger partial charge in [0.1, 0.15) is 12.2 Å². The average molecular weight is 721 g/mol. The summed E-state index contributed by atoms with van der Waals surface area (Å²) >= 11 is 14.4. The van der Waals surface area contributed by atoms with Gasteiger partial charge in [-0.15, -0.1) is 0 Å². The van der Waals surface area contributed by atoms with Crippen molar-refractivity contribution >= 4 is 57.6 Å². The molecule has 0 unspecified atom stereocenters. The van der Waals surface area contributed by atoms with E-state index in [1.54, 1.807) is 35.2 Å². The monoisotopic (exact) mass is 720 g/mol. The predicted octanol–water partition coefficient (Wildman–Crippen LogP) is 4.23. The number of aliphatic hydroxyl groups excluding tert-OH is 3. The molecule has 0 saturated heterocycles. The van der Waals surface area contributed by atoms with E-state index in [-0.39, 0.29) is 45.1 Å². The molecular weight excluding hydrogens is 686 g/mol. The molecule has 0 fully saturated rings. The summed E-state index contributed by atoms with van der Waals surface area (Å²) < 4.78 is 12.4. The molecule has 41 heavy (non-hydrogen) atoms. The van der Waals surface area contributed by atoms with Crippen molar-refractivity contribution in [3.63, 3.8) is 0 Å². The minimum atomic E-state index is -1.21. The van der Waals surface area contributed by atoms with Crippen molar-refractivity contribution in [2.45, 2.75) is 64.0 Å². The maximum absolute atomic E-state index is 13.6.